The molecule has 3 rings (SSSR count). The predicted molar refractivity (Wildman–Crippen MR) is 79.1 cm³/mol. The van der Waals surface area contributed by atoms with E-state index < -0.39 is 0 Å². The van der Waals surface area contributed by atoms with Gasteiger partial charge in [0, 0.05) is 29.4 Å². The number of anilines is 1. The molecule has 0 amide bonds. The fourth-order valence-corrected chi connectivity index (χ4v) is 3.45. The van der Waals surface area contributed by atoms with Crippen LogP contribution in [0.1, 0.15) is 37.7 Å². The summed E-state index contributed by atoms with van der Waals surface area (Å²) in [5, 5.41) is 18.1. The molecule has 1 saturated heterocycles. The molecule has 2 N–H and O–H groups in total. The molecule has 1 aromatic rings. The van der Waals surface area contributed by atoms with Gasteiger partial charge in [-0.2, -0.15) is 0 Å². The van der Waals surface area contributed by atoms with Gasteiger partial charge < -0.3 is 10.6 Å². The van der Waals surface area contributed by atoms with Crippen molar-refractivity contribution in [2.24, 2.45) is 0 Å². The van der Waals surface area contributed by atoms with Crippen LogP contribution in [0.3, 0.4) is 0 Å². The lowest BCUT2D eigenvalue weighted by Crippen LogP contribution is -2.58. The molecule has 0 aromatic heterocycles. The average Bonchev–Trinajstić information content (AvgIpc) is 2.36. The molecule has 1 aliphatic heterocycles. The molecule has 0 bridgehead atoms. The van der Waals surface area contributed by atoms with E-state index in [0.29, 0.717) is 11.6 Å². The van der Waals surface area contributed by atoms with Crippen LogP contribution >= 0.6 is 0 Å². The number of nitro groups is 1. The standard InChI is InChI=1S/C15H21N3O2/c1-11-7-13(9-14(8-11)18(19)20)17-12-3-6-16-15(10-12)4-2-5-15/h7-9,12,16-17H,2-6,10H2,1H3. The van der Waals surface area contributed by atoms with Gasteiger partial charge in [-0.1, -0.05) is 0 Å². The van der Waals surface area contributed by atoms with Crippen LogP contribution in [0.25, 0.3) is 0 Å². The highest BCUT2D eigenvalue weighted by Gasteiger charge is 2.40. The zero-order valence-corrected chi connectivity index (χ0v) is 11.8. The van der Waals surface area contributed by atoms with E-state index in [9.17, 15) is 10.1 Å². The molecule has 1 aromatic carbocycles. The molecule has 108 valence electrons. The molecule has 1 saturated carbocycles. The van der Waals surface area contributed by atoms with Crippen molar-refractivity contribution >= 4 is 11.4 Å². The van der Waals surface area contributed by atoms with Crippen molar-refractivity contribution in [3.63, 3.8) is 0 Å². The van der Waals surface area contributed by atoms with E-state index in [1.165, 1.54) is 19.3 Å². The third-order valence-corrected chi connectivity index (χ3v) is 4.58. The first-order valence-corrected chi connectivity index (χ1v) is 7.34. The number of hydrogen-bond acceptors (Lipinski definition) is 4. The molecule has 5 heteroatoms. The SMILES string of the molecule is Cc1cc(NC2CCNC3(CCC3)C2)cc([N+](=O)[O-])c1. The van der Waals surface area contributed by atoms with Crippen LogP contribution in [-0.2, 0) is 0 Å². The van der Waals surface area contributed by atoms with E-state index in [-0.39, 0.29) is 10.6 Å². The van der Waals surface area contributed by atoms with Crippen LogP contribution < -0.4 is 10.6 Å². The lowest BCUT2D eigenvalue weighted by atomic mass is 9.70. The molecular weight excluding hydrogens is 254 g/mol. The highest BCUT2D eigenvalue weighted by Crippen LogP contribution is 2.39. The number of benzene rings is 1. The van der Waals surface area contributed by atoms with E-state index in [0.717, 1.165) is 30.6 Å². The monoisotopic (exact) mass is 275 g/mol. The highest BCUT2D eigenvalue weighted by molar-refractivity contribution is 5.54. The number of piperidine rings is 1. The predicted octanol–water partition coefficient (Wildman–Crippen LogP) is 2.99. The molecule has 1 unspecified atom stereocenters. The topological polar surface area (TPSA) is 67.2 Å². The molecule has 1 spiro atoms. The van der Waals surface area contributed by atoms with Crippen LogP contribution in [0.4, 0.5) is 11.4 Å². The average molecular weight is 275 g/mol. The molecule has 20 heavy (non-hydrogen) atoms. The van der Waals surface area contributed by atoms with Crippen LogP contribution in [0.2, 0.25) is 0 Å². The quantitative estimate of drug-likeness (QED) is 0.657. The number of nitrogens with one attached hydrogen (secondary N) is 2. The van der Waals surface area contributed by atoms with Crippen molar-refractivity contribution in [2.45, 2.75) is 50.6 Å². The molecule has 2 aliphatic rings. The normalized spacial score (nSPS) is 24.1. The molecule has 0 radical (unpaired) electrons. The van der Waals surface area contributed by atoms with Crippen molar-refractivity contribution in [1.82, 2.24) is 5.32 Å². The third kappa shape index (κ3) is 2.63. The first-order chi connectivity index (χ1) is 9.56. The Labute approximate surface area is 118 Å². The van der Waals surface area contributed by atoms with E-state index >= 15 is 0 Å². The Morgan fingerprint density at radius 2 is 2.20 bits per heavy atom. The summed E-state index contributed by atoms with van der Waals surface area (Å²) in [6.45, 7) is 2.93. The minimum absolute atomic E-state index is 0.166. The largest absolute Gasteiger partial charge is 0.382 e. The Hall–Kier alpha value is -1.62. The molecular formula is C15H21N3O2. The first kappa shape index (κ1) is 13.4. The van der Waals surface area contributed by atoms with E-state index in [2.05, 4.69) is 10.6 Å². The summed E-state index contributed by atoms with van der Waals surface area (Å²) in [6, 6.07) is 5.66. The van der Waals surface area contributed by atoms with Crippen molar-refractivity contribution in [3.8, 4) is 0 Å². The van der Waals surface area contributed by atoms with Gasteiger partial charge >= 0.3 is 0 Å². The van der Waals surface area contributed by atoms with Gasteiger partial charge in [-0.05, 0) is 57.2 Å². The summed E-state index contributed by atoms with van der Waals surface area (Å²) in [6.07, 6.45) is 6.03. The smallest absolute Gasteiger partial charge is 0.271 e. The second-order valence-corrected chi connectivity index (χ2v) is 6.21. The Balaban J connectivity index is 1.72. The number of non-ortho nitro benzene ring substituents is 1. The lowest BCUT2D eigenvalue weighted by Gasteiger charge is -2.48. The van der Waals surface area contributed by atoms with E-state index in [4.69, 9.17) is 0 Å². The second kappa shape index (κ2) is 5.05. The summed E-state index contributed by atoms with van der Waals surface area (Å²) in [5.74, 6) is 0. The zero-order chi connectivity index (χ0) is 14.2. The molecule has 1 atom stereocenters. The summed E-state index contributed by atoms with van der Waals surface area (Å²) < 4.78 is 0. The van der Waals surface area contributed by atoms with Gasteiger partial charge in [0.15, 0.2) is 0 Å². The highest BCUT2D eigenvalue weighted by atomic mass is 16.6. The fraction of sp³-hybridized carbons (Fsp3) is 0.600. The fourth-order valence-electron chi connectivity index (χ4n) is 3.45. The number of hydrogen-bond donors (Lipinski definition) is 2. The maximum atomic E-state index is 10.9. The van der Waals surface area contributed by atoms with Gasteiger partial charge in [0.05, 0.1) is 4.92 Å². The molecule has 5 nitrogen and oxygen atoms in total. The van der Waals surface area contributed by atoms with Crippen molar-refractivity contribution < 1.29 is 4.92 Å². The van der Waals surface area contributed by atoms with Gasteiger partial charge in [-0.3, -0.25) is 10.1 Å². The number of nitrogens with zero attached hydrogens (tertiary/aromatic N) is 1. The van der Waals surface area contributed by atoms with Crippen LogP contribution in [0.5, 0.6) is 0 Å². The van der Waals surface area contributed by atoms with Crippen molar-refractivity contribution in [1.29, 1.82) is 0 Å². The summed E-state index contributed by atoms with van der Waals surface area (Å²) in [7, 11) is 0. The first-order valence-electron chi connectivity index (χ1n) is 7.34. The van der Waals surface area contributed by atoms with Crippen molar-refractivity contribution in [2.75, 3.05) is 11.9 Å². The Bertz CT molecular complexity index is 526. The molecule has 2 fully saturated rings. The van der Waals surface area contributed by atoms with Gasteiger partial charge in [0.25, 0.3) is 5.69 Å². The molecule has 1 heterocycles. The number of rotatable bonds is 3. The third-order valence-electron chi connectivity index (χ3n) is 4.58. The van der Waals surface area contributed by atoms with Crippen molar-refractivity contribution in [3.05, 3.63) is 33.9 Å². The number of aryl methyl sites for hydroxylation is 1. The van der Waals surface area contributed by atoms with Crippen LogP contribution in [0, 0.1) is 17.0 Å². The summed E-state index contributed by atoms with van der Waals surface area (Å²) in [4.78, 5) is 10.6. The Morgan fingerprint density at radius 3 is 2.85 bits per heavy atom. The minimum atomic E-state index is -0.325. The number of nitro benzene ring substituents is 1. The maximum Gasteiger partial charge on any atom is 0.271 e. The van der Waals surface area contributed by atoms with Crippen LogP contribution in [-0.4, -0.2) is 23.0 Å². The minimum Gasteiger partial charge on any atom is -0.382 e. The van der Waals surface area contributed by atoms with E-state index in [1.54, 1.807) is 12.1 Å². The Kier molecular flexibility index (Phi) is 3.38. The molecule has 1 aliphatic carbocycles. The summed E-state index contributed by atoms with van der Waals surface area (Å²) in [5.41, 5.74) is 2.30. The van der Waals surface area contributed by atoms with Gasteiger partial charge in [0.1, 0.15) is 0 Å². The second-order valence-electron chi connectivity index (χ2n) is 6.21. The zero-order valence-electron chi connectivity index (χ0n) is 11.8. The maximum absolute atomic E-state index is 10.9. The van der Waals surface area contributed by atoms with Gasteiger partial charge in [-0.15, -0.1) is 0 Å². The van der Waals surface area contributed by atoms with E-state index in [1.807, 2.05) is 13.0 Å². The summed E-state index contributed by atoms with van der Waals surface area (Å²) >= 11 is 0. The lowest BCUT2D eigenvalue weighted by molar-refractivity contribution is -0.384. The Morgan fingerprint density at radius 1 is 1.40 bits per heavy atom. The van der Waals surface area contributed by atoms with Gasteiger partial charge in [-0.25, -0.2) is 0 Å². The van der Waals surface area contributed by atoms with Crippen LogP contribution in [0.15, 0.2) is 18.2 Å². The van der Waals surface area contributed by atoms with Gasteiger partial charge in [0.2, 0.25) is 0 Å².